The van der Waals surface area contributed by atoms with E-state index >= 15 is 0 Å². The minimum Gasteiger partial charge on any atom is -0.472 e. The van der Waals surface area contributed by atoms with Gasteiger partial charge in [0.2, 0.25) is 0 Å². The predicted molar refractivity (Wildman–Crippen MR) is 53.7 cm³/mol. The second-order valence-electron chi connectivity index (χ2n) is 3.81. The maximum atomic E-state index is 13.5. The van der Waals surface area contributed by atoms with E-state index in [0.717, 1.165) is 12.1 Å². The van der Waals surface area contributed by atoms with Gasteiger partial charge < -0.3 is 9.52 Å². The van der Waals surface area contributed by atoms with Gasteiger partial charge in [-0.1, -0.05) is 0 Å². The van der Waals surface area contributed by atoms with Crippen LogP contribution >= 0.6 is 0 Å². The predicted octanol–water partition coefficient (Wildman–Crippen LogP) is 2.95. The highest BCUT2D eigenvalue weighted by molar-refractivity contribution is 5.34. The topological polar surface area (TPSA) is 33.4 Å². The fourth-order valence-corrected chi connectivity index (χ4v) is 1.60. The van der Waals surface area contributed by atoms with E-state index in [-0.39, 0.29) is 11.1 Å². The number of hydrogen-bond acceptors (Lipinski definition) is 2. The quantitative estimate of drug-likeness (QED) is 0.821. The molecule has 5 heteroatoms. The number of hydrogen-bond donors (Lipinski definition) is 1. The van der Waals surface area contributed by atoms with Crippen LogP contribution in [0.4, 0.5) is 13.2 Å². The molecule has 2 rings (SSSR count). The van der Waals surface area contributed by atoms with Gasteiger partial charge in [-0.15, -0.1) is 0 Å². The van der Waals surface area contributed by atoms with E-state index in [4.69, 9.17) is 4.42 Å². The Morgan fingerprint density at radius 3 is 2.41 bits per heavy atom. The smallest absolute Gasteiger partial charge is 0.194 e. The van der Waals surface area contributed by atoms with Gasteiger partial charge in [0, 0.05) is 11.1 Å². The SMILES string of the molecule is CC(O)(c1ccoc1)c1ccc(F)c(F)c1F. The standard InChI is InChI=1S/C12H9F3O2/c1-12(16,7-4-5-17-6-7)8-2-3-9(13)11(15)10(8)14/h2-6,16H,1H3. The fraction of sp³-hybridized carbons (Fsp3) is 0.167. The largest absolute Gasteiger partial charge is 0.472 e. The average molecular weight is 242 g/mol. The first kappa shape index (κ1) is 11.7. The lowest BCUT2D eigenvalue weighted by molar-refractivity contribution is 0.0960. The first-order valence-corrected chi connectivity index (χ1v) is 4.83. The van der Waals surface area contributed by atoms with Gasteiger partial charge in [0.05, 0.1) is 12.5 Å². The number of halogens is 3. The first-order chi connectivity index (χ1) is 7.94. The normalized spacial score (nSPS) is 14.6. The lowest BCUT2D eigenvalue weighted by atomic mass is 9.89. The minimum absolute atomic E-state index is 0.252. The lowest BCUT2D eigenvalue weighted by Gasteiger charge is -2.23. The summed E-state index contributed by atoms with van der Waals surface area (Å²) in [6.45, 7) is 1.27. The Hall–Kier alpha value is -1.75. The molecule has 0 aliphatic heterocycles. The van der Waals surface area contributed by atoms with Crippen LogP contribution in [0.5, 0.6) is 0 Å². The van der Waals surface area contributed by atoms with Crippen LogP contribution in [0.3, 0.4) is 0 Å². The number of benzene rings is 1. The van der Waals surface area contributed by atoms with E-state index in [1.807, 2.05) is 0 Å². The Morgan fingerprint density at radius 2 is 1.82 bits per heavy atom. The number of aliphatic hydroxyl groups is 1. The molecule has 1 heterocycles. The lowest BCUT2D eigenvalue weighted by Crippen LogP contribution is -2.24. The molecule has 1 unspecified atom stereocenters. The number of furan rings is 1. The van der Waals surface area contributed by atoms with Crippen LogP contribution in [-0.2, 0) is 5.60 Å². The Morgan fingerprint density at radius 1 is 1.12 bits per heavy atom. The van der Waals surface area contributed by atoms with E-state index < -0.39 is 23.1 Å². The van der Waals surface area contributed by atoms with Gasteiger partial charge in [-0.3, -0.25) is 0 Å². The molecular weight excluding hydrogens is 233 g/mol. The highest BCUT2D eigenvalue weighted by atomic mass is 19.2. The van der Waals surface area contributed by atoms with Crippen LogP contribution in [0, 0.1) is 17.5 Å². The van der Waals surface area contributed by atoms with E-state index in [0.29, 0.717) is 0 Å². The number of rotatable bonds is 2. The highest BCUT2D eigenvalue weighted by Crippen LogP contribution is 2.32. The molecule has 1 N–H and O–H groups in total. The maximum Gasteiger partial charge on any atom is 0.194 e. The zero-order chi connectivity index (χ0) is 12.6. The Bertz CT molecular complexity index is 533. The molecule has 0 saturated carbocycles. The van der Waals surface area contributed by atoms with Gasteiger partial charge in [0.15, 0.2) is 17.5 Å². The second-order valence-corrected chi connectivity index (χ2v) is 3.81. The van der Waals surface area contributed by atoms with Gasteiger partial charge in [0.1, 0.15) is 5.60 Å². The average Bonchev–Trinajstić information content (AvgIpc) is 2.79. The van der Waals surface area contributed by atoms with E-state index in [1.165, 1.54) is 25.5 Å². The summed E-state index contributed by atoms with van der Waals surface area (Å²) in [5.74, 6) is -4.31. The summed E-state index contributed by atoms with van der Waals surface area (Å²) in [6.07, 6.45) is 2.50. The molecule has 0 amide bonds. The summed E-state index contributed by atoms with van der Waals surface area (Å²) in [5.41, 5.74) is -1.88. The summed E-state index contributed by atoms with van der Waals surface area (Å²) < 4.78 is 44.2. The Balaban J connectivity index is 2.58. The molecular formula is C12H9F3O2. The Kier molecular flexibility index (Phi) is 2.71. The third kappa shape index (κ3) is 1.82. The molecule has 0 fully saturated rings. The van der Waals surface area contributed by atoms with Crippen molar-refractivity contribution >= 4 is 0 Å². The second kappa shape index (κ2) is 3.92. The van der Waals surface area contributed by atoms with Crippen molar-refractivity contribution in [1.82, 2.24) is 0 Å². The molecule has 90 valence electrons. The first-order valence-electron chi connectivity index (χ1n) is 4.83. The van der Waals surface area contributed by atoms with E-state index in [9.17, 15) is 18.3 Å². The molecule has 2 aromatic rings. The molecule has 0 spiro atoms. The van der Waals surface area contributed by atoms with Gasteiger partial charge in [0.25, 0.3) is 0 Å². The van der Waals surface area contributed by atoms with E-state index in [1.54, 1.807) is 0 Å². The molecule has 0 bridgehead atoms. The van der Waals surface area contributed by atoms with Crippen molar-refractivity contribution in [2.24, 2.45) is 0 Å². The monoisotopic (exact) mass is 242 g/mol. The summed E-state index contributed by atoms with van der Waals surface area (Å²) in [6, 6.07) is 3.18. The van der Waals surface area contributed by atoms with Crippen LogP contribution in [-0.4, -0.2) is 5.11 Å². The zero-order valence-corrected chi connectivity index (χ0v) is 8.88. The summed E-state index contributed by atoms with van der Waals surface area (Å²) in [4.78, 5) is 0. The van der Waals surface area contributed by atoms with Crippen molar-refractivity contribution in [2.75, 3.05) is 0 Å². The molecule has 0 radical (unpaired) electrons. The van der Waals surface area contributed by atoms with Crippen LogP contribution in [0.2, 0.25) is 0 Å². The zero-order valence-electron chi connectivity index (χ0n) is 8.88. The van der Waals surface area contributed by atoms with Crippen LogP contribution < -0.4 is 0 Å². The summed E-state index contributed by atoms with van der Waals surface area (Å²) in [7, 11) is 0. The molecule has 1 aromatic carbocycles. The minimum atomic E-state index is -1.79. The van der Waals surface area contributed by atoms with Gasteiger partial charge in [-0.05, 0) is 25.1 Å². The molecule has 0 aliphatic rings. The fourth-order valence-electron chi connectivity index (χ4n) is 1.60. The van der Waals surface area contributed by atoms with Crippen molar-refractivity contribution in [3.8, 4) is 0 Å². The summed E-state index contributed by atoms with van der Waals surface area (Å²) in [5, 5.41) is 10.2. The van der Waals surface area contributed by atoms with Crippen LogP contribution in [0.1, 0.15) is 18.1 Å². The van der Waals surface area contributed by atoms with Crippen molar-refractivity contribution in [3.05, 3.63) is 59.3 Å². The maximum absolute atomic E-state index is 13.5. The Labute approximate surface area is 95.3 Å². The molecule has 0 aliphatic carbocycles. The molecule has 1 atom stereocenters. The van der Waals surface area contributed by atoms with Gasteiger partial charge in [-0.25, -0.2) is 13.2 Å². The molecule has 17 heavy (non-hydrogen) atoms. The van der Waals surface area contributed by atoms with Crippen LogP contribution in [0.25, 0.3) is 0 Å². The molecule has 0 saturated heterocycles. The van der Waals surface area contributed by atoms with Gasteiger partial charge in [-0.2, -0.15) is 0 Å². The highest BCUT2D eigenvalue weighted by Gasteiger charge is 2.32. The van der Waals surface area contributed by atoms with E-state index in [2.05, 4.69) is 0 Å². The van der Waals surface area contributed by atoms with Crippen molar-refractivity contribution in [2.45, 2.75) is 12.5 Å². The van der Waals surface area contributed by atoms with Gasteiger partial charge >= 0.3 is 0 Å². The molecule has 2 nitrogen and oxygen atoms in total. The van der Waals surface area contributed by atoms with Crippen molar-refractivity contribution in [1.29, 1.82) is 0 Å². The summed E-state index contributed by atoms with van der Waals surface area (Å²) >= 11 is 0. The third-order valence-corrected chi connectivity index (χ3v) is 2.64. The third-order valence-electron chi connectivity index (χ3n) is 2.64. The van der Waals surface area contributed by atoms with Crippen molar-refractivity contribution in [3.63, 3.8) is 0 Å². The molecule has 1 aromatic heterocycles. The van der Waals surface area contributed by atoms with Crippen molar-refractivity contribution < 1.29 is 22.7 Å². The van der Waals surface area contributed by atoms with Crippen LogP contribution in [0.15, 0.2) is 35.1 Å².